The molecule has 1 aliphatic heterocycles. The Labute approximate surface area is 262 Å². The summed E-state index contributed by atoms with van der Waals surface area (Å²) < 4.78 is 53.9. The minimum absolute atomic E-state index is 0.0859. The van der Waals surface area contributed by atoms with E-state index < -0.39 is 11.7 Å². The van der Waals surface area contributed by atoms with Crippen LogP contribution in [0.15, 0.2) is 83.9 Å². The topological polar surface area (TPSA) is 82.1 Å². The number of nitrogens with zero attached hydrogens (tertiary/aromatic N) is 6. The van der Waals surface area contributed by atoms with Gasteiger partial charge in [0.1, 0.15) is 11.3 Å². The molecule has 1 saturated heterocycles. The summed E-state index contributed by atoms with van der Waals surface area (Å²) in [6.07, 6.45) is -0.748. The van der Waals surface area contributed by atoms with E-state index in [9.17, 15) is 18.0 Å². The first-order valence-electron chi connectivity index (χ1n) is 15.1. The number of piperazine rings is 1. The third-order valence-corrected chi connectivity index (χ3v) is 8.62. The van der Waals surface area contributed by atoms with Crippen LogP contribution in [0.5, 0.6) is 5.75 Å². The predicted molar refractivity (Wildman–Crippen MR) is 172 cm³/mol. The molecule has 6 aromatic rings. The normalized spacial score (nSPS) is 14.0. The maximum absolute atomic E-state index is 14.5. The van der Waals surface area contributed by atoms with Crippen molar-refractivity contribution in [2.45, 2.75) is 26.2 Å². The zero-order chi connectivity index (χ0) is 32.0. The highest BCUT2D eigenvalue weighted by atomic mass is 19.4. The van der Waals surface area contributed by atoms with Gasteiger partial charge in [0.15, 0.2) is 5.52 Å². The Bertz CT molecular complexity index is 2110. The van der Waals surface area contributed by atoms with Crippen molar-refractivity contribution in [2.24, 2.45) is 0 Å². The van der Waals surface area contributed by atoms with Crippen LogP contribution < -0.4 is 20.5 Å². The van der Waals surface area contributed by atoms with Crippen molar-refractivity contribution in [1.82, 2.24) is 29.4 Å². The molecule has 3 aromatic heterocycles. The second-order valence-corrected chi connectivity index (χ2v) is 11.4. The minimum Gasteiger partial charge on any atom is -0.496 e. The van der Waals surface area contributed by atoms with Gasteiger partial charge in [-0.1, -0.05) is 17.3 Å². The van der Waals surface area contributed by atoms with Crippen LogP contribution in [-0.4, -0.2) is 57.4 Å². The lowest BCUT2D eigenvalue weighted by Gasteiger charge is -2.31. The summed E-state index contributed by atoms with van der Waals surface area (Å²) in [7, 11) is 1.62. The van der Waals surface area contributed by atoms with Gasteiger partial charge >= 0.3 is 6.18 Å². The van der Waals surface area contributed by atoms with Crippen molar-refractivity contribution in [3.63, 3.8) is 0 Å². The van der Waals surface area contributed by atoms with Crippen molar-refractivity contribution in [3.8, 4) is 22.6 Å². The van der Waals surface area contributed by atoms with E-state index in [4.69, 9.17) is 4.74 Å². The molecule has 0 unspecified atom stereocenters. The Hall–Kier alpha value is -5.10. The maximum Gasteiger partial charge on any atom is 0.418 e. The molecule has 0 saturated carbocycles. The van der Waals surface area contributed by atoms with E-state index in [0.717, 1.165) is 28.5 Å². The zero-order valence-corrected chi connectivity index (χ0v) is 25.4. The van der Waals surface area contributed by atoms with Gasteiger partial charge in [-0.2, -0.15) is 13.2 Å². The van der Waals surface area contributed by atoms with Crippen LogP contribution in [0.2, 0.25) is 0 Å². The van der Waals surface area contributed by atoms with E-state index in [1.54, 1.807) is 22.6 Å². The summed E-state index contributed by atoms with van der Waals surface area (Å²) in [5.41, 5.74) is 3.01. The molecule has 1 aliphatic rings. The molecule has 0 aliphatic carbocycles. The first-order chi connectivity index (χ1) is 22.2. The molecule has 0 amide bonds. The highest BCUT2D eigenvalue weighted by Gasteiger charge is 2.36. The summed E-state index contributed by atoms with van der Waals surface area (Å²) in [4.78, 5) is 15.7. The number of methoxy groups -OCH3 is 1. The Morgan fingerprint density at radius 3 is 2.39 bits per heavy atom. The number of alkyl halides is 3. The van der Waals surface area contributed by atoms with Crippen LogP contribution in [0, 0.1) is 6.92 Å². The number of ether oxygens (including phenoxy) is 1. The zero-order valence-electron chi connectivity index (χ0n) is 25.4. The maximum atomic E-state index is 14.5. The van der Waals surface area contributed by atoms with E-state index in [2.05, 4.69) is 15.6 Å². The van der Waals surface area contributed by atoms with Crippen molar-refractivity contribution in [3.05, 3.63) is 101 Å². The molecule has 0 atom stereocenters. The SMILES string of the molecule is COc1ccc(-c2ccc3c(c2)c2c(nnn2-c2ccc(N4CCNCC4)c(C(F)(F)F)c2)c(=O)n3CCn2cccc2)cc1C. The Morgan fingerprint density at radius 1 is 0.935 bits per heavy atom. The molecule has 236 valence electrons. The number of hydrogen-bond acceptors (Lipinski definition) is 6. The molecule has 1 fully saturated rings. The number of aromatic nitrogens is 5. The number of pyridine rings is 1. The quantitative estimate of drug-likeness (QED) is 0.247. The number of anilines is 1. The van der Waals surface area contributed by atoms with E-state index in [1.165, 1.54) is 10.7 Å². The van der Waals surface area contributed by atoms with Crippen LogP contribution in [0.3, 0.4) is 0 Å². The van der Waals surface area contributed by atoms with E-state index >= 15 is 0 Å². The molecule has 46 heavy (non-hydrogen) atoms. The summed E-state index contributed by atoms with van der Waals surface area (Å²) in [5.74, 6) is 0.762. The lowest BCUT2D eigenvalue weighted by molar-refractivity contribution is -0.137. The number of nitrogens with one attached hydrogen (secondary N) is 1. The van der Waals surface area contributed by atoms with Gasteiger partial charge in [0.05, 0.1) is 23.9 Å². The molecule has 0 radical (unpaired) electrons. The van der Waals surface area contributed by atoms with Crippen LogP contribution in [-0.2, 0) is 19.3 Å². The third kappa shape index (κ3) is 5.28. The second-order valence-electron chi connectivity index (χ2n) is 11.4. The van der Waals surface area contributed by atoms with Gasteiger partial charge in [-0.05, 0) is 78.2 Å². The Balaban J connectivity index is 1.44. The highest BCUT2D eigenvalue weighted by molar-refractivity contribution is 6.04. The first-order valence-corrected chi connectivity index (χ1v) is 15.1. The molecule has 0 bridgehead atoms. The van der Waals surface area contributed by atoms with Crippen LogP contribution in [0.1, 0.15) is 11.1 Å². The standard InChI is InChI=1S/C34H32F3N7O2/c1-22-19-23(6-10-30(22)46-2)24-5-8-28-26(20-24)32-31(33(45)43(28)18-17-41-13-3-4-14-41)39-40-44(32)25-7-9-29(27(21-25)34(35,36)37)42-15-11-38-12-16-42/h3-10,13-14,19-21,38H,11-12,15-18H2,1-2H3. The average Bonchev–Trinajstić information content (AvgIpc) is 3.75. The number of rotatable bonds is 7. The summed E-state index contributed by atoms with van der Waals surface area (Å²) in [5, 5.41) is 12.4. The molecule has 0 spiro atoms. The van der Waals surface area contributed by atoms with Crippen molar-refractivity contribution in [1.29, 1.82) is 0 Å². The fraction of sp³-hybridized carbons (Fsp3) is 0.265. The largest absolute Gasteiger partial charge is 0.496 e. The molecule has 12 heteroatoms. The molecule has 4 heterocycles. The van der Waals surface area contributed by atoms with Gasteiger partial charge in [0, 0.05) is 62.7 Å². The van der Waals surface area contributed by atoms with Gasteiger partial charge < -0.3 is 24.1 Å². The molecule has 9 nitrogen and oxygen atoms in total. The van der Waals surface area contributed by atoms with Gasteiger partial charge in [0.2, 0.25) is 0 Å². The molecule has 3 aromatic carbocycles. The number of fused-ring (bicyclic) bond motifs is 3. The first kappa shape index (κ1) is 29.6. The van der Waals surface area contributed by atoms with Gasteiger partial charge in [0.25, 0.3) is 5.56 Å². The number of benzene rings is 3. The van der Waals surface area contributed by atoms with Crippen LogP contribution in [0.4, 0.5) is 18.9 Å². The number of hydrogen-bond donors (Lipinski definition) is 1. The Morgan fingerprint density at radius 2 is 1.67 bits per heavy atom. The van der Waals surface area contributed by atoms with Gasteiger partial charge in [-0.3, -0.25) is 4.79 Å². The smallest absolute Gasteiger partial charge is 0.418 e. The van der Waals surface area contributed by atoms with Crippen molar-refractivity contribution >= 4 is 27.6 Å². The molecular formula is C34H32F3N7O2. The van der Waals surface area contributed by atoms with Gasteiger partial charge in [-0.15, -0.1) is 5.10 Å². The van der Waals surface area contributed by atoms with Crippen molar-refractivity contribution in [2.75, 3.05) is 38.2 Å². The lowest BCUT2D eigenvalue weighted by atomic mass is 10.0. The molecule has 7 rings (SSSR count). The van der Waals surface area contributed by atoms with Crippen LogP contribution in [0.25, 0.3) is 38.8 Å². The third-order valence-electron chi connectivity index (χ3n) is 8.62. The molecule has 1 N–H and O–H groups in total. The predicted octanol–water partition coefficient (Wildman–Crippen LogP) is 5.65. The van der Waals surface area contributed by atoms with Crippen LogP contribution >= 0.6 is 0 Å². The second kappa shape index (κ2) is 11.7. The summed E-state index contributed by atoms with van der Waals surface area (Å²) in [6, 6.07) is 19.7. The lowest BCUT2D eigenvalue weighted by Crippen LogP contribution is -2.44. The van der Waals surface area contributed by atoms with E-state index in [1.807, 2.05) is 72.4 Å². The summed E-state index contributed by atoms with van der Waals surface area (Å²) >= 11 is 0. The van der Waals surface area contributed by atoms with Gasteiger partial charge in [-0.25, -0.2) is 4.68 Å². The molecular weight excluding hydrogens is 595 g/mol. The number of halogens is 3. The van der Waals surface area contributed by atoms with E-state index in [-0.39, 0.29) is 22.5 Å². The highest BCUT2D eigenvalue weighted by Crippen LogP contribution is 2.39. The van der Waals surface area contributed by atoms with Crippen molar-refractivity contribution < 1.29 is 17.9 Å². The average molecular weight is 628 g/mol. The Kier molecular flexibility index (Phi) is 7.52. The number of aryl methyl sites for hydroxylation is 3. The fourth-order valence-corrected chi connectivity index (χ4v) is 6.31. The van der Waals surface area contributed by atoms with E-state index in [0.29, 0.717) is 55.7 Å². The fourth-order valence-electron chi connectivity index (χ4n) is 6.31. The monoisotopic (exact) mass is 627 g/mol. The minimum atomic E-state index is -4.60. The summed E-state index contributed by atoms with van der Waals surface area (Å²) in [6.45, 7) is 5.01.